The third-order valence-electron chi connectivity index (χ3n) is 5.52. The van der Waals surface area contributed by atoms with Gasteiger partial charge in [-0.2, -0.15) is 5.10 Å². The van der Waals surface area contributed by atoms with Crippen molar-refractivity contribution < 1.29 is 4.79 Å². The maximum absolute atomic E-state index is 12.7. The monoisotopic (exact) mass is 512 g/mol. The number of nitrogens with zero attached hydrogens (tertiary/aromatic N) is 5. The molecule has 0 bridgehead atoms. The van der Waals surface area contributed by atoms with Crippen molar-refractivity contribution in [1.82, 2.24) is 25.2 Å². The fourth-order valence-electron chi connectivity index (χ4n) is 3.78. The van der Waals surface area contributed by atoms with Crippen LogP contribution in [-0.4, -0.2) is 37.1 Å². The average molecular weight is 513 g/mol. The molecule has 7 nitrogen and oxygen atoms in total. The number of fused-ring (bicyclic) bond motifs is 1. The summed E-state index contributed by atoms with van der Waals surface area (Å²) in [5.74, 6) is 0.525. The number of hydrogen-bond donors (Lipinski definition) is 1. The first-order valence-electron chi connectivity index (χ1n) is 11.2. The molecule has 9 heteroatoms. The summed E-state index contributed by atoms with van der Waals surface area (Å²) in [5, 5.41) is 16.5. The predicted molar refractivity (Wildman–Crippen MR) is 145 cm³/mol. The number of aromatic nitrogens is 4. The average Bonchev–Trinajstić information content (AvgIpc) is 3.35. The summed E-state index contributed by atoms with van der Waals surface area (Å²) in [4.78, 5) is 16.7. The quantitative estimate of drug-likeness (QED) is 0.170. The van der Waals surface area contributed by atoms with Gasteiger partial charge in [0.05, 0.1) is 11.5 Å². The van der Waals surface area contributed by atoms with Gasteiger partial charge in [0.2, 0.25) is 0 Å². The first-order chi connectivity index (χ1) is 17.6. The molecule has 0 radical (unpaired) electrons. The number of nitrogens with one attached hydrogen (secondary N) is 1. The number of carbonyl (C=O) groups is 1. The molecule has 0 saturated heterocycles. The van der Waals surface area contributed by atoms with Crippen LogP contribution in [0.5, 0.6) is 0 Å². The topological polar surface area (TPSA) is 85.1 Å². The summed E-state index contributed by atoms with van der Waals surface area (Å²) in [5.41, 5.74) is 6.07. The van der Waals surface area contributed by atoms with Gasteiger partial charge in [-0.15, -0.1) is 10.2 Å². The van der Waals surface area contributed by atoms with E-state index in [1.165, 1.54) is 11.8 Å². The van der Waals surface area contributed by atoms with Crippen LogP contribution in [0.15, 0.2) is 102 Å². The Bertz CT molecular complexity index is 1540. The molecule has 0 unspecified atom stereocenters. The summed E-state index contributed by atoms with van der Waals surface area (Å²) >= 11 is 7.37. The number of pyridine rings is 1. The zero-order valence-corrected chi connectivity index (χ0v) is 20.9. The van der Waals surface area contributed by atoms with Crippen molar-refractivity contribution in [2.24, 2.45) is 5.10 Å². The minimum absolute atomic E-state index is 0.119. The lowest BCUT2D eigenvalue weighted by Crippen LogP contribution is -2.21. The van der Waals surface area contributed by atoms with Gasteiger partial charge in [-0.3, -0.25) is 14.3 Å². The van der Waals surface area contributed by atoms with Crippen molar-refractivity contribution in [3.8, 4) is 17.1 Å². The van der Waals surface area contributed by atoms with Crippen molar-refractivity contribution in [2.45, 2.75) is 12.1 Å². The molecule has 0 aliphatic heterocycles. The normalized spacial score (nSPS) is 11.6. The largest absolute Gasteiger partial charge is 0.272 e. The van der Waals surface area contributed by atoms with Crippen molar-refractivity contribution in [3.63, 3.8) is 0 Å². The lowest BCUT2D eigenvalue weighted by atomic mass is 10.0. The Morgan fingerprint density at radius 1 is 0.972 bits per heavy atom. The number of benzene rings is 3. The molecule has 0 fully saturated rings. The van der Waals surface area contributed by atoms with E-state index >= 15 is 0 Å². The van der Waals surface area contributed by atoms with Crippen molar-refractivity contribution in [3.05, 3.63) is 102 Å². The number of rotatable bonds is 7. The summed E-state index contributed by atoms with van der Waals surface area (Å²) in [6.45, 7) is 1.88. The lowest BCUT2D eigenvalue weighted by molar-refractivity contribution is -0.118. The zero-order chi connectivity index (χ0) is 24.9. The molecule has 0 aliphatic carbocycles. The van der Waals surface area contributed by atoms with E-state index in [1.54, 1.807) is 24.5 Å². The van der Waals surface area contributed by atoms with Gasteiger partial charge in [-0.25, -0.2) is 5.43 Å². The van der Waals surface area contributed by atoms with Crippen LogP contribution in [0.4, 0.5) is 0 Å². The van der Waals surface area contributed by atoms with Crippen molar-refractivity contribution in [2.75, 3.05) is 5.75 Å². The molecule has 1 N–H and O–H groups in total. The highest BCUT2D eigenvalue weighted by molar-refractivity contribution is 7.99. The molecule has 0 saturated carbocycles. The van der Waals surface area contributed by atoms with E-state index in [1.807, 2.05) is 66.1 Å². The molecule has 1 amide bonds. The van der Waals surface area contributed by atoms with Crippen LogP contribution < -0.4 is 5.43 Å². The number of thioether (sulfide) groups is 1. The fourth-order valence-corrected chi connectivity index (χ4v) is 4.65. The lowest BCUT2D eigenvalue weighted by Gasteiger charge is -2.10. The van der Waals surface area contributed by atoms with E-state index in [2.05, 4.69) is 37.8 Å². The maximum atomic E-state index is 12.7. The predicted octanol–water partition coefficient (Wildman–Crippen LogP) is 5.77. The number of hydrazone groups is 1. The molecule has 3 aromatic carbocycles. The zero-order valence-electron chi connectivity index (χ0n) is 19.3. The second-order valence-corrected chi connectivity index (χ2v) is 9.28. The third-order valence-corrected chi connectivity index (χ3v) is 6.70. The summed E-state index contributed by atoms with van der Waals surface area (Å²) in [6.07, 6.45) is 3.40. The number of carbonyl (C=O) groups excluding carboxylic acids is 1. The fraction of sp³-hybridized carbons (Fsp3) is 0.0741. The van der Waals surface area contributed by atoms with Crippen LogP contribution in [0.25, 0.3) is 27.8 Å². The third kappa shape index (κ3) is 5.15. The highest BCUT2D eigenvalue weighted by atomic mass is 35.5. The second-order valence-electron chi connectivity index (χ2n) is 7.90. The number of halogens is 1. The van der Waals surface area contributed by atoms with Crippen LogP contribution in [0.3, 0.4) is 0 Å². The van der Waals surface area contributed by atoms with Gasteiger partial charge in [-0.05, 0) is 54.1 Å². The van der Waals surface area contributed by atoms with E-state index in [-0.39, 0.29) is 11.7 Å². The Hall–Kier alpha value is -4.01. The Morgan fingerprint density at radius 2 is 1.72 bits per heavy atom. The molecular formula is C27H21ClN6OS. The van der Waals surface area contributed by atoms with Crippen molar-refractivity contribution >= 4 is 45.8 Å². The van der Waals surface area contributed by atoms with Crippen molar-refractivity contribution in [1.29, 1.82) is 0 Å². The van der Waals surface area contributed by atoms with E-state index in [4.69, 9.17) is 11.6 Å². The molecule has 5 aromatic rings. The SMILES string of the molecule is C/C(=N/NC(=O)CSc1nnc(-c2ccncc2)n1-c1ccc(Cl)cc1)c1cccc2ccccc12. The molecule has 2 heterocycles. The van der Waals surface area contributed by atoms with E-state index in [0.717, 1.165) is 33.3 Å². The van der Waals surface area contributed by atoms with Crippen LogP contribution >= 0.6 is 23.4 Å². The number of hydrogen-bond acceptors (Lipinski definition) is 6. The minimum Gasteiger partial charge on any atom is -0.272 e. The number of amides is 1. The summed E-state index contributed by atoms with van der Waals surface area (Å²) in [7, 11) is 0. The van der Waals surface area contributed by atoms with Gasteiger partial charge >= 0.3 is 0 Å². The van der Waals surface area contributed by atoms with Crippen LogP contribution in [-0.2, 0) is 4.79 Å². The maximum Gasteiger partial charge on any atom is 0.250 e. The van der Waals surface area contributed by atoms with Gasteiger partial charge in [0, 0.05) is 34.2 Å². The molecule has 0 spiro atoms. The Morgan fingerprint density at radius 3 is 2.53 bits per heavy atom. The van der Waals surface area contributed by atoms with Crippen LogP contribution in [0, 0.1) is 0 Å². The molecule has 2 aromatic heterocycles. The molecule has 178 valence electrons. The first kappa shape index (κ1) is 23.7. The Kier molecular flexibility index (Phi) is 7.06. The van der Waals surface area contributed by atoms with Crippen LogP contribution in [0.2, 0.25) is 5.02 Å². The van der Waals surface area contributed by atoms with E-state index in [9.17, 15) is 4.79 Å². The van der Waals surface area contributed by atoms with Gasteiger partial charge < -0.3 is 0 Å². The van der Waals surface area contributed by atoms with E-state index < -0.39 is 0 Å². The van der Waals surface area contributed by atoms with Gasteiger partial charge in [0.1, 0.15) is 0 Å². The molecular weight excluding hydrogens is 492 g/mol. The van der Waals surface area contributed by atoms with Crippen LogP contribution in [0.1, 0.15) is 12.5 Å². The Balaban J connectivity index is 1.34. The smallest absolute Gasteiger partial charge is 0.250 e. The van der Waals surface area contributed by atoms with Gasteiger partial charge in [0.25, 0.3) is 5.91 Å². The first-order valence-corrected chi connectivity index (χ1v) is 12.5. The standard InChI is InChI=1S/C27H21ClN6OS/c1-18(23-8-4-6-19-5-2-3-7-24(19)23)30-31-25(35)17-36-27-33-32-26(20-13-15-29-16-14-20)34(27)22-11-9-21(28)10-12-22/h2-16H,17H2,1H3,(H,31,35)/b30-18-. The highest BCUT2D eigenvalue weighted by Crippen LogP contribution is 2.28. The Labute approximate surface area is 217 Å². The molecule has 36 heavy (non-hydrogen) atoms. The molecule has 0 aliphatic rings. The highest BCUT2D eigenvalue weighted by Gasteiger charge is 2.17. The van der Waals surface area contributed by atoms with Gasteiger partial charge in [-0.1, -0.05) is 65.8 Å². The minimum atomic E-state index is -0.240. The summed E-state index contributed by atoms with van der Waals surface area (Å²) in [6, 6.07) is 25.2. The second kappa shape index (κ2) is 10.7. The van der Waals surface area contributed by atoms with Gasteiger partial charge in [0.15, 0.2) is 11.0 Å². The van der Waals surface area contributed by atoms with E-state index in [0.29, 0.717) is 16.0 Å². The molecule has 0 atom stereocenters. The molecule has 5 rings (SSSR count). The summed E-state index contributed by atoms with van der Waals surface area (Å²) < 4.78 is 1.90.